The highest BCUT2D eigenvalue weighted by atomic mass is 15.2. The van der Waals surface area contributed by atoms with Gasteiger partial charge in [0.05, 0.1) is 22.4 Å². The maximum absolute atomic E-state index is 5.19. The van der Waals surface area contributed by atoms with E-state index in [0.717, 1.165) is 72.5 Å². The lowest BCUT2D eigenvalue weighted by atomic mass is 10.0. The summed E-state index contributed by atoms with van der Waals surface area (Å²) >= 11 is 0. The van der Waals surface area contributed by atoms with E-state index in [-0.39, 0.29) is 0 Å². The third-order valence-electron chi connectivity index (χ3n) is 9.19. The molecule has 9 rings (SSSR count). The van der Waals surface area contributed by atoms with E-state index in [0.29, 0.717) is 5.95 Å². The Hall–Kier alpha value is -6.78. The van der Waals surface area contributed by atoms with E-state index in [1.54, 1.807) is 0 Å². The highest BCUT2D eigenvalue weighted by molar-refractivity contribution is 6.10. The molecule has 0 unspecified atom stereocenters. The van der Waals surface area contributed by atoms with Crippen molar-refractivity contribution >= 4 is 38.9 Å². The number of benzene rings is 7. The second-order valence-electron chi connectivity index (χ2n) is 12.3. The van der Waals surface area contributed by atoms with Gasteiger partial charge in [0.15, 0.2) is 0 Å². The molecule has 4 nitrogen and oxygen atoms in total. The molecule has 0 atom stereocenters. The van der Waals surface area contributed by atoms with Crippen LogP contribution in [0.15, 0.2) is 194 Å². The molecule has 236 valence electrons. The van der Waals surface area contributed by atoms with Crippen LogP contribution in [-0.2, 0) is 0 Å². The lowest BCUT2D eigenvalue weighted by molar-refractivity contribution is 0.995. The fourth-order valence-electron chi connectivity index (χ4n) is 6.84. The van der Waals surface area contributed by atoms with Crippen molar-refractivity contribution in [1.29, 1.82) is 0 Å². The van der Waals surface area contributed by atoms with Crippen LogP contribution in [0.3, 0.4) is 0 Å². The Balaban J connectivity index is 1.21. The number of anilines is 3. The normalized spacial score (nSPS) is 11.2. The molecule has 0 aliphatic heterocycles. The van der Waals surface area contributed by atoms with Gasteiger partial charge in [0.1, 0.15) is 0 Å². The molecular formula is C46H32N4. The minimum atomic E-state index is 0.646. The van der Waals surface area contributed by atoms with Gasteiger partial charge in [0, 0.05) is 39.0 Å². The summed E-state index contributed by atoms with van der Waals surface area (Å²) in [6, 6.07) is 67.9. The summed E-state index contributed by atoms with van der Waals surface area (Å²) in [6.45, 7) is 0. The van der Waals surface area contributed by atoms with Gasteiger partial charge in [-0.25, -0.2) is 9.97 Å². The second kappa shape index (κ2) is 12.7. The zero-order valence-corrected chi connectivity index (χ0v) is 27.3. The van der Waals surface area contributed by atoms with Gasteiger partial charge in [-0.1, -0.05) is 133 Å². The first kappa shape index (κ1) is 29.4. The molecule has 0 N–H and O–H groups in total. The Morgan fingerprint density at radius 3 is 1.44 bits per heavy atom. The van der Waals surface area contributed by atoms with Crippen molar-refractivity contribution in [3.05, 3.63) is 194 Å². The van der Waals surface area contributed by atoms with Crippen molar-refractivity contribution in [2.45, 2.75) is 0 Å². The summed E-state index contributed by atoms with van der Waals surface area (Å²) in [5, 5.41) is 2.31. The van der Waals surface area contributed by atoms with Gasteiger partial charge in [-0.15, -0.1) is 0 Å². The number of aromatic nitrogens is 3. The number of hydrogen-bond acceptors (Lipinski definition) is 3. The van der Waals surface area contributed by atoms with Gasteiger partial charge in [0.2, 0.25) is 5.95 Å². The first-order valence-electron chi connectivity index (χ1n) is 16.8. The standard InChI is InChI=1S/C46H32N4/c1-5-16-33(17-6-1)42-32-43(34-18-7-2-8-19-34)48-46(47-42)50-44-27-14-13-26-40(44)41-31-36(28-29-45(41)50)35-20-15-25-39(30-35)49(37-21-9-3-10-22-37)38-23-11-4-12-24-38/h1-32H. The molecule has 0 aliphatic rings. The summed E-state index contributed by atoms with van der Waals surface area (Å²) in [4.78, 5) is 12.7. The van der Waals surface area contributed by atoms with Crippen molar-refractivity contribution in [2.24, 2.45) is 0 Å². The van der Waals surface area contributed by atoms with Gasteiger partial charge in [-0.2, -0.15) is 0 Å². The van der Waals surface area contributed by atoms with Crippen LogP contribution in [0.2, 0.25) is 0 Å². The molecule has 0 radical (unpaired) electrons. The van der Waals surface area contributed by atoms with E-state index in [4.69, 9.17) is 9.97 Å². The maximum Gasteiger partial charge on any atom is 0.235 e. The quantitative estimate of drug-likeness (QED) is 0.174. The molecule has 50 heavy (non-hydrogen) atoms. The summed E-state index contributed by atoms with van der Waals surface area (Å²) in [6.07, 6.45) is 0. The predicted molar refractivity (Wildman–Crippen MR) is 207 cm³/mol. The molecule has 2 aromatic heterocycles. The Bertz CT molecular complexity index is 2480. The topological polar surface area (TPSA) is 34.0 Å². The van der Waals surface area contributed by atoms with Crippen LogP contribution in [-0.4, -0.2) is 14.5 Å². The molecule has 0 saturated carbocycles. The zero-order chi connectivity index (χ0) is 33.3. The van der Waals surface area contributed by atoms with E-state index in [2.05, 4.69) is 191 Å². The Kier molecular flexibility index (Phi) is 7.45. The second-order valence-corrected chi connectivity index (χ2v) is 12.3. The molecule has 0 fully saturated rings. The van der Waals surface area contributed by atoms with E-state index >= 15 is 0 Å². The van der Waals surface area contributed by atoms with Crippen molar-refractivity contribution in [2.75, 3.05) is 4.90 Å². The molecular weight excluding hydrogens is 609 g/mol. The third kappa shape index (κ3) is 5.39. The summed E-state index contributed by atoms with van der Waals surface area (Å²) in [5.74, 6) is 0.646. The van der Waals surface area contributed by atoms with Gasteiger partial charge in [-0.3, -0.25) is 4.57 Å². The van der Waals surface area contributed by atoms with Gasteiger partial charge < -0.3 is 4.90 Å². The van der Waals surface area contributed by atoms with Crippen LogP contribution < -0.4 is 4.90 Å². The summed E-state index contributed by atoms with van der Waals surface area (Å²) < 4.78 is 2.20. The minimum absolute atomic E-state index is 0.646. The van der Waals surface area contributed by atoms with E-state index in [1.165, 1.54) is 0 Å². The first-order chi connectivity index (χ1) is 24.8. The summed E-state index contributed by atoms with van der Waals surface area (Å²) in [5.41, 5.74) is 11.6. The van der Waals surface area contributed by atoms with Crippen LogP contribution >= 0.6 is 0 Å². The number of fused-ring (bicyclic) bond motifs is 3. The molecule has 0 spiro atoms. The number of para-hydroxylation sites is 3. The van der Waals surface area contributed by atoms with Crippen molar-refractivity contribution in [3.8, 4) is 39.6 Å². The fourth-order valence-corrected chi connectivity index (χ4v) is 6.84. The summed E-state index contributed by atoms with van der Waals surface area (Å²) in [7, 11) is 0. The van der Waals surface area contributed by atoms with E-state index in [9.17, 15) is 0 Å². The average Bonchev–Trinajstić information content (AvgIpc) is 3.53. The molecule has 0 saturated heterocycles. The van der Waals surface area contributed by atoms with Crippen LogP contribution in [0.1, 0.15) is 0 Å². The number of hydrogen-bond donors (Lipinski definition) is 0. The van der Waals surface area contributed by atoms with Crippen LogP contribution in [0, 0.1) is 0 Å². The Morgan fingerprint density at radius 1 is 0.340 bits per heavy atom. The van der Waals surface area contributed by atoms with Crippen LogP contribution in [0.25, 0.3) is 61.4 Å². The number of nitrogens with zero attached hydrogens (tertiary/aromatic N) is 4. The monoisotopic (exact) mass is 640 g/mol. The minimum Gasteiger partial charge on any atom is -0.310 e. The lowest BCUT2D eigenvalue weighted by Crippen LogP contribution is -2.09. The SMILES string of the molecule is c1ccc(-c2cc(-c3ccccc3)nc(-n3c4ccccc4c4cc(-c5cccc(N(c6ccccc6)c6ccccc6)c5)ccc43)n2)cc1. The van der Waals surface area contributed by atoms with Crippen molar-refractivity contribution in [1.82, 2.24) is 14.5 Å². The molecule has 0 amide bonds. The van der Waals surface area contributed by atoms with Gasteiger partial charge in [0.25, 0.3) is 0 Å². The molecule has 0 aliphatic carbocycles. The molecule has 7 aromatic carbocycles. The zero-order valence-electron chi connectivity index (χ0n) is 27.3. The van der Waals surface area contributed by atoms with E-state index in [1.807, 2.05) is 12.1 Å². The van der Waals surface area contributed by atoms with Crippen molar-refractivity contribution in [3.63, 3.8) is 0 Å². The van der Waals surface area contributed by atoms with Crippen molar-refractivity contribution < 1.29 is 0 Å². The molecule has 9 aromatic rings. The van der Waals surface area contributed by atoms with Crippen LogP contribution in [0.4, 0.5) is 17.1 Å². The Morgan fingerprint density at radius 2 is 0.820 bits per heavy atom. The first-order valence-corrected chi connectivity index (χ1v) is 16.8. The van der Waals surface area contributed by atoms with Gasteiger partial charge >= 0.3 is 0 Å². The smallest absolute Gasteiger partial charge is 0.235 e. The highest BCUT2D eigenvalue weighted by Gasteiger charge is 2.18. The molecule has 4 heteroatoms. The van der Waals surface area contributed by atoms with E-state index < -0.39 is 0 Å². The predicted octanol–water partition coefficient (Wildman–Crippen LogP) is 12.0. The highest BCUT2D eigenvalue weighted by Crippen LogP contribution is 2.39. The lowest BCUT2D eigenvalue weighted by Gasteiger charge is -2.25. The molecule has 0 bridgehead atoms. The average molecular weight is 641 g/mol. The molecule has 2 heterocycles. The Labute approximate surface area is 291 Å². The fraction of sp³-hybridized carbons (Fsp3) is 0. The third-order valence-corrected chi connectivity index (χ3v) is 9.19. The van der Waals surface area contributed by atoms with Crippen LogP contribution in [0.5, 0.6) is 0 Å². The maximum atomic E-state index is 5.19. The largest absolute Gasteiger partial charge is 0.310 e. The number of rotatable bonds is 7. The van der Waals surface area contributed by atoms with Gasteiger partial charge in [-0.05, 0) is 71.8 Å².